The lowest BCUT2D eigenvalue weighted by molar-refractivity contribution is 0.410. The molecule has 1 aromatic heterocycles. The molecule has 2 heterocycles. The van der Waals surface area contributed by atoms with Crippen LogP contribution in [0.15, 0.2) is 24.4 Å². The van der Waals surface area contributed by atoms with Crippen LogP contribution in [0.4, 0.5) is 0 Å². The Bertz CT molecular complexity index is 573. The van der Waals surface area contributed by atoms with Gasteiger partial charge in [0.2, 0.25) is 0 Å². The second kappa shape index (κ2) is 5.05. The molecule has 0 saturated carbocycles. The van der Waals surface area contributed by atoms with Gasteiger partial charge in [-0.3, -0.25) is 0 Å². The van der Waals surface area contributed by atoms with E-state index in [-0.39, 0.29) is 0 Å². The van der Waals surface area contributed by atoms with Crippen molar-refractivity contribution in [3.05, 3.63) is 35.8 Å². The molecule has 0 spiro atoms. The van der Waals surface area contributed by atoms with Crippen LogP contribution in [0.5, 0.6) is 5.75 Å². The van der Waals surface area contributed by atoms with Crippen LogP contribution in [0.3, 0.4) is 0 Å². The number of rotatable bonds is 4. The predicted molar refractivity (Wildman–Crippen MR) is 75.6 cm³/mol. The van der Waals surface area contributed by atoms with E-state index in [1.807, 2.05) is 12.3 Å². The normalized spacial score (nSPS) is 15.3. The number of hydrogen-bond acceptors (Lipinski definition) is 3. The molecular weight excluding hydrogens is 238 g/mol. The first-order chi connectivity index (χ1) is 9.31. The second-order valence-electron chi connectivity index (χ2n) is 4.92. The van der Waals surface area contributed by atoms with Crippen LogP contribution in [0.1, 0.15) is 24.2 Å². The first-order valence-corrected chi connectivity index (χ1v) is 6.74. The van der Waals surface area contributed by atoms with E-state index in [2.05, 4.69) is 34.3 Å². The summed E-state index contributed by atoms with van der Waals surface area (Å²) in [6.07, 6.45) is 2.89. The van der Waals surface area contributed by atoms with Crippen LogP contribution in [-0.4, -0.2) is 30.2 Å². The highest BCUT2D eigenvalue weighted by Crippen LogP contribution is 2.27. The average molecular weight is 257 g/mol. The van der Waals surface area contributed by atoms with Crippen LogP contribution in [0, 0.1) is 0 Å². The monoisotopic (exact) mass is 257 g/mol. The van der Waals surface area contributed by atoms with Crippen molar-refractivity contribution >= 4 is 0 Å². The Balaban J connectivity index is 1.90. The molecule has 19 heavy (non-hydrogen) atoms. The quantitative estimate of drug-likeness (QED) is 0.884. The van der Waals surface area contributed by atoms with E-state index in [1.165, 1.54) is 11.1 Å². The van der Waals surface area contributed by atoms with Gasteiger partial charge in [0.25, 0.3) is 0 Å². The predicted octanol–water partition coefficient (Wildman–Crippen LogP) is 2.33. The minimum Gasteiger partial charge on any atom is -0.496 e. The Kier molecular flexibility index (Phi) is 3.25. The van der Waals surface area contributed by atoms with Crippen LogP contribution < -0.4 is 10.1 Å². The highest BCUT2D eigenvalue weighted by Gasteiger charge is 2.21. The molecule has 1 aliphatic heterocycles. The summed E-state index contributed by atoms with van der Waals surface area (Å²) in [6.45, 7) is 4.19. The highest BCUT2D eigenvalue weighted by molar-refractivity contribution is 5.61. The van der Waals surface area contributed by atoms with E-state index >= 15 is 0 Å². The van der Waals surface area contributed by atoms with Crippen molar-refractivity contribution in [2.24, 2.45) is 0 Å². The summed E-state index contributed by atoms with van der Waals surface area (Å²) in [5, 5.41) is 3.27. The van der Waals surface area contributed by atoms with Gasteiger partial charge in [0, 0.05) is 24.6 Å². The van der Waals surface area contributed by atoms with Gasteiger partial charge in [-0.05, 0) is 30.2 Å². The van der Waals surface area contributed by atoms with Gasteiger partial charge in [-0.15, -0.1) is 0 Å². The van der Waals surface area contributed by atoms with Crippen molar-refractivity contribution < 1.29 is 4.74 Å². The molecule has 0 radical (unpaired) electrons. The molecule has 1 fully saturated rings. The minimum absolute atomic E-state index is 0.539. The maximum absolute atomic E-state index is 5.36. The Hall–Kier alpha value is -1.81. The summed E-state index contributed by atoms with van der Waals surface area (Å²) in [5.74, 6) is 2.58. The Morgan fingerprint density at radius 3 is 2.84 bits per heavy atom. The molecule has 0 bridgehead atoms. The van der Waals surface area contributed by atoms with E-state index in [4.69, 9.17) is 4.74 Å². The van der Waals surface area contributed by atoms with Gasteiger partial charge in [0.05, 0.1) is 19.0 Å². The summed E-state index contributed by atoms with van der Waals surface area (Å²) in [6, 6.07) is 6.28. The molecule has 1 aromatic carbocycles. The van der Waals surface area contributed by atoms with E-state index in [1.54, 1.807) is 7.11 Å². The second-order valence-corrected chi connectivity index (χ2v) is 4.92. The lowest BCUT2D eigenvalue weighted by Gasteiger charge is -2.24. The zero-order chi connectivity index (χ0) is 13.2. The number of imidazole rings is 1. The van der Waals surface area contributed by atoms with Gasteiger partial charge in [0.15, 0.2) is 0 Å². The molecule has 4 heteroatoms. The highest BCUT2D eigenvalue weighted by atomic mass is 16.5. The van der Waals surface area contributed by atoms with Gasteiger partial charge in [-0.1, -0.05) is 6.92 Å². The number of nitrogens with zero attached hydrogens (tertiary/aromatic N) is 1. The molecule has 2 N–H and O–H groups in total. The first kappa shape index (κ1) is 12.2. The van der Waals surface area contributed by atoms with Crippen LogP contribution in [0.25, 0.3) is 11.3 Å². The minimum atomic E-state index is 0.539. The SMILES string of the molecule is CCc1cc(-c2cnc(C3CNC3)[nH]2)ccc1OC. The van der Waals surface area contributed by atoms with Crippen LogP contribution in [-0.2, 0) is 6.42 Å². The topological polar surface area (TPSA) is 49.9 Å². The first-order valence-electron chi connectivity index (χ1n) is 6.74. The number of benzene rings is 1. The zero-order valence-electron chi connectivity index (χ0n) is 11.4. The molecule has 0 unspecified atom stereocenters. The van der Waals surface area contributed by atoms with Crippen molar-refractivity contribution in [2.75, 3.05) is 20.2 Å². The molecular formula is C15H19N3O. The number of methoxy groups -OCH3 is 1. The van der Waals surface area contributed by atoms with Crippen molar-refractivity contribution in [2.45, 2.75) is 19.3 Å². The summed E-state index contributed by atoms with van der Waals surface area (Å²) in [5.41, 5.74) is 3.48. The standard InChI is InChI=1S/C15H19N3O/c1-3-10-6-11(4-5-14(10)19-2)13-9-17-15(18-13)12-7-16-8-12/h4-6,9,12,16H,3,7-8H2,1-2H3,(H,17,18). The Morgan fingerprint density at radius 1 is 1.37 bits per heavy atom. The molecule has 100 valence electrons. The zero-order valence-corrected chi connectivity index (χ0v) is 11.4. The third-order valence-electron chi connectivity index (χ3n) is 3.74. The Labute approximate surface area is 113 Å². The summed E-state index contributed by atoms with van der Waals surface area (Å²) in [7, 11) is 1.71. The van der Waals surface area contributed by atoms with Crippen molar-refractivity contribution in [1.29, 1.82) is 0 Å². The van der Waals surface area contributed by atoms with Crippen LogP contribution in [0.2, 0.25) is 0 Å². The molecule has 4 nitrogen and oxygen atoms in total. The fourth-order valence-corrected chi connectivity index (χ4v) is 2.40. The van der Waals surface area contributed by atoms with E-state index in [0.717, 1.165) is 36.8 Å². The number of aromatic nitrogens is 2. The number of nitrogens with one attached hydrogen (secondary N) is 2. The van der Waals surface area contributed by atoms with E-state index in [0.29, 0.717) is 5.92 Å². The third-order valence-corrected chi connectivity index (χ3v) is 3.74. The average Bonchev–Trinajstić information content (AvgIpc) is 2.85. The van der Waals surface area contributed by atoms with Crippen molar-refractivity contribution in [1.82, 2.24) is 15.3 Å². The van der Waals surface area contributed by atoms with Crippen molar-refractivity contribution in [3.8, 4) is 17.0 Å². The maximum Gasteiger partial charge on any atom is 0.122 e. The number of ether oxygens (including phenoxy) is 1. The summed E-state index contributed by atoms with van der Waals surface area (Å²) >= 11 is 0. The summed E-state index contributed by atoms with van der Waals surface area (Å²) in [4.78, 5) is 7.91. The van der Waals surface area contributed by atoms with Crippen LogP contribution >= 0.6 is 0 Å². The molecule has 1 aliphatic rings. The van der Waals surface area contributed by atoms with Gasteiger partial charge in [0.1, 0.15) is 11.6 Å². The van der Waals surface area contributed by atoms with Gasteiger partial charge < -0.3 is 15.0 Å². The van der Waals surface area contributed by atoms with Gasteiger partial charge in [-0.2, -0.15) is 0 Å². The van der Waals surface area contributed by atoms with E-state index < -0.39 is 0 Å². The maximum atomic E-state index is 5.36. The molecule has 3 rings (SSSR count). The molecule has 0 amide bonds. The van der Waals surface area contributed by atoms with E-state index in [9.17, 15) is 0 Å². The largest absolute Gasteiger partial charge is 0.496 e. The lowest BCUT2D eigenvalue weighted by Crippen LogP contribution is -2.40. The number of H-pyrrole nitrogens is 1. The number of aromatic amines is 1. The Morgan fingerprint density at radius 2 is 2.21 bits per heavy atom. The molecule has 1 saturated heterocycles. The molecule has 0 aliphatic carbocycles. The molecule has 2 aromatic rings. The third kappa shape index (κ3) is 2.24. The summed E-state index contributed by atoms with van der Waals surface area (Å²) < 4.78 is 5.36. The fraction of sp³-hybridized carbons (Fsp3) is 0.400. The number of hydrogen-bond donors (Lipinski definition) is 2. The van der Waals surface area contributed by atoms with Gasteiger partial charge >= 0.3 is 0 Å². The smallest absolute Gasteiger partial charge is 0.122 e. The molecule has 0 atom stereocenters. The lowest BCUT2D eigenvalue weighted by atomic mass is 10.0. The van der Waals surface area contributed by atoms with Gasteiger partial charge in [-0.25, -0.2) is 4.98 Å². The number of aryl methyl sites for hydroxylation is 1. The fourth-order valence-electron chi connectivity index (χ4n) is 2.40. The van der Waals surface area contributed by atoms with Crippen molar-refractivity contribution in [3.63, 3.8) is 0 Å².